The van der Waals surface area contributed by atoms with Crippen LogP contribution in [0.15, 0.2) is 47.0 Å². The molecule has 0 radical (unpaired) electrons. The molecule has 120 valence electrons. The molecule has 0 spiro atoms. The van der Waals surface area contributed by atoms with E-state index in [0.29, 0.717) is 13.1 Å². The minimum absolute atomic E-state index is 0.503. The quantitative estimate of drug-likeness (QED) is 0.722. The molecule has 0 amide bonds. The third kappa shape index (κ3) is 3.88. The number of thiazole rings is 1. The molecular weight excluding hydrogens is 308 g/mol. The Bertz CT molecular complexity index is 779. The fourth-order valence-electron chi connectivity index (χ4n) is 2.46. The van der Waals surface area contributed by atoms with Crippen molar-refractivity contribution in [3.63, 3.8) is 0 Å². The second-order valence-corrected chi connectivity index (χ2v) is 6.66. The van der Waals surface area contributed by atoms with Gasteiger partial charge in [-0.1, -0.05) is 24.3 Å². The van der Waals surface area contributed by atoms with Crippen molar-refractivity contribution < 1.29 is 9.52 Å². The highest BCUT2D eigenvalue weighted by Gasteiger charge is 2.11. The summed E-state index contributed by atoms with van der Waals surface area (Å²) < 4.78 is 5.58. The van der Waals surface area contributed by atoms with Gasteiger partial charge in [0.2, 0.25) is 0 Å². The first kappa shape index (κ1) is 15.9. The van der Waals surface area contributed by atoms with Gasteiger partial charge in [0, 0.05) is 24.2 Å². The smallest absolute Gasteiger partial charge is 0.162 e. The minimum atomic E-state index is -0.503. The van der Waals surface area contributed by atoms with Gasteiger partial charge in [-0.05, 0) is 37.1 Å². The molecule has 0 aliphatic heterocycles. The first-order valence-electron chi connectivity index (χ1n) is 7.59. The molecule has 0 fully saturated rings. The maximum Gasteiger partial charge on any atom is 0.162 e. The number of furan rings is 1. The number of hydrogen-bond acceptors (Lipinski definition) is 5. The number of hydrogen-bond donors (Lipinski definition) is 2. The molecular formula is C18H20N2O2S. The predicted octanol–water partition coefficient (Wildman–Crippen LogP) is 3.84. The molecule has 3 rings (SSSR count). The highest BCUT2D eigenvalue weighted by Crippen LogP contribution is 2.26. The molecule has 0 saturated heterocycles. The molecule has 3 aromatic rings. The summed E-state index contributed by atoms with van der Waals surface area (Å²) in [7, 11) is 0. The Kier molecular flexibility index (Phi) is 4.91. The van der Waals surface area contributed by atoms with E-state index in [1.54, 1.807) is 11.3 Å². The first-order valence-corrected chi connectivity index (χ1v) is 8.41. The molecule has 0 bridgehead atoms. The average molecular weight is 328 g/mol. The average Bonchev–Trinajstić information content (AvgIpc) is 3.16. The van der Waals surface area contributed by atoms with Crippen molar-refractivity contribution in [1.29, 1.82) is 0 Å². The molecule has 2 N–H and O–H groups in total. The molecule has 2 aromatic heterocycles. The van der Waals surface area contributed by atoms with Gasteiger partial charge in [-0.2, -0.15) is 0 Å². The predicted molar refractivity (Wildman–Crippen MR) is 92.4 cm³/mol. The maximum atomic E-state index is 10.3. The lowest BCUT2D eigenvalue weighted by molar-refractivity contribution is 0.174. The van der Waals surface area contributed by atoms with E-state index in [1.165, 1.54) is 0 Å². The van der Waals surface area contributed by atoms with Gasteiger partial charge >= 0.3 is 0 Å². The molecule has 1 unspecified atom stereocenters. The van der Waals surface area contributed by atoms with E-state index in [2.05, 4.69) is 10.3 Å². The molecule has 0 aliphatic carbocycles. The van der Waals surface area contributed by atoms with Gasteiger partial charge in [0.15, 0.2) is 10.8 Å². The van der Waals surface area contributed by atoms with Crippen molar-refractivity contribution in [2.75, 3.05) is 6.54 Å². The van der Waals surface area contributed by atoms with Crippen LogP contribution < -0.4 is 5.32 Å². The molecule has 4 nitrogen and oxygen atoms in total. The summed E-state index contributed by atoms with van der Waals surface area (Å²) in [6.07, 6.45) is 1.35. The summed E-state index contributed by atoms with van der Waals surface area (Å²) in [6.45, 7) is 5.13. The lowest BCUT2D eigenvalue weighted by Gasteiger charge is -2.14. The molecule has 2 heterocycles. The Morgan fingerprint density at radius 1 is 1.22 bits per heavy atom. The van der Waals surface area contributed by atoms with Crippen molar-refractivity contribution in [2.24, 2.45) is 0 Å². The summed E-state index contributed by atoms with van der Waals surface area (Å²) in [6, 6.07) is 11.8. The highest BCUT2D eigenvalue weighted by molar-refractivity contribution is 7.14. The van der Waals surface area contributed by atoms with Gasteiger partial charge in [-0.15, -0.1) is 11.3 Å². The Labute approximate surface area is 139 Å². The summed E-state index contributed by atoms with van der Waals surface area (Å²) >= 11 is 1.60. The topological polar surface area (TPSA) is 58.3 Å². The van der Waals surface area contributed by atoms with Crippen LogP contribution in [0.3, 0.4) is 0 Å². The third-order valence-corrected chi connectivity index (χ3v) is 4.70. The van der Waals surface area contributed by atoms with Crippen LogP contribution in [-0.2, 0) is 6.54 Å². The Hall–Kier alpha value is -1.95. The molecule has 23 heavy (non-hydrogen) atoms. The van der Waals surface area contributed by atoms with Crippen molar-refractivity contribution in [3.05, 3.63) is 64.4 Å². The van der Waals surface area contributed by atoms with Crippen LogP contribution in [0.4, 0.5) is 0 Å². The standard InChI is InChI=1S/C18H20N2O2S/c1-12-5-3-4-6-15(12)16(21)11-19-9-14-10-20-18(23-14)17-8-7-13(2)22-17/h3-8,10,16,19,21H,9,11H2,1-2H3. The normalized spacial score (nSPS) is 12.5. The molecule has 0 saturated carbocycles. The van der Waals surface area contributed by atoms with E-state index < -0.39 is 6.10 Å². The number of nitrogens with zero attached hydrogens (tertiary/aromatic N) is 1. The van der Waals surface area contributed by atoms with Crippen molar-refractivity contribution in [3.8, 4) is 10.8 Å². The van der Waals surface area contributed by atoms with E-state index in [0.717, 1.165) is 32.5 Å². The molecule has 0 aliphatic rings. The van der Waals surface area contributed by atoms with Gasteiger partial charge in [-0.3, -0.25) is 0 Å². The van der Waals surface area contributed by atoms with Gasteiger partial charge in [0.05, 0.1) is 6.10 Å². The van der Waals surface area contributed by atoms with E-state index >= 15 is 0 Å². The second kappa shape index (κ2) is 7.08. The van der Waals surface area contributed by atoms with Crippen molar-refractivity contribution in [2.45, 2.75) is 26.5 Å². The van der Waals surface area contributed by atoms with E-state index in [9.17, 15) is 5.11 Å². The number of benzene rings is 1. The second-order valence-electron chi connectivity index (χ2n) is 5.55. The zero-order valence-electron chi connectivity index (χ0n) is 13.2. The van der Waals surface area contributed by atoms with Crippen LogP contribution >= 0.6 is 11.3 Å². The number of aromatic nitrogens is 1. The zero-order valence-corrected chi connectivity index (χ0v) is 14.1. The van der Waals surface area contributed by atoms with Crippen LogP contribution in [0.25, 0.3) is 10.8 Å². The van der Waals surface area contributed by atoms with E-state index in [1.807, 2.05) is 56.4 Å². The van der Waals surface area contributed by atoms with Crippen molar-refractivity contribution in [1.82, 2.24) is 10.3 Å². The van der Waals surface area contributed by atoms with Crippen LogP contribution in [0.1, 0.15) is 27.9 Å². The number of rotatable bonds is 6. The first-order chi connectivity index (χ1) is 11.1. The number of aryl methyl sites for hydroxylation is 2. The third-order valence-electron chi connectivity index (χ3n) is 3.69. The van der Waals surface area contributed by atoms with Gasteiger partial charge < -0.3 is 14.8 Å². The Morgan fingerprint density at radius 2 is 2.04 bits per heavy atom. The van der Waals surface area contributed by atoms with E-state index in [4.69, 9.17) is 4.42 Å². The number of aliphatic hydroxyl groups excluding tert-OH is 1. The monoisotopic (exact) mass is 328 g/mol. The minimum Gasteiger partial charge on any atom is -0.459 e. The van der Waals surface area contributed by atoms with Gasteiger partial charge in [0.25, 0.3) is 0 Å². The zero-order chi connectivity index (χ0) is 16.2. The summed E-state index contributed by atoms with van der Waals surface area (Å²) in [4.78, 5) is 5.51. The van der Waals surface area contributed by atoms with Gasteiger partial charge in [-0.25, -0.2) is 4.98 Å². The van der Waals surface area contributed by atoms with Crippen molar-refractivity contribution >= 4 is 11.3 Å². The Morgan fingerprint density at radius 3 is 2.78 bits per heavy atom. The van der Waals surface area contributed by atoms with Crippen LogP contribution in [0, 0.1) is 13.8 Å². The largest absolute Gasteiger partial charge is 0.459 e. The summed E-state index contributed by atoms with van der Waals surface area (Å²) in [5.41, 5.74) is 2.08. The molecule has 5 heteroatoms. The van der Waals surface area contributed by atoms with Gasteiger partial charge in [0.1, 0.15) is 5.76 Å². The van der Waals surface area contributed by atoms with Crippen LogP contribution in [0.5, 0.6) is 0 Å². The maximum absolute atomic E-state index is 10.3. The lowest BCUT2D eigenvalue weighted by Crippen LogP contribution is -2.21. The Balaban J connectivity index is 1.55. The SMILES string of the molecule is Cc1ccc(-c2ncc(CNCC(O)c3ccccc3C)s2)o1. The molecule has 1 atom stereocenters. The fourth-order valence-corrected chi connectivity index (χ4v) is 3.30. The summed E-state index contributed by atoms with van der Waals surface area (Å²) in [5.74, 6) is 1.69. The lowest BCUT2D eigenvalue weighted by atomic mass is 10.0. The highest BCUT2D eigenvalue weighted by atomic mass is 32.1. The fraction of sp³-hybridized carbons (Fsp3) is 0.278. The van der Waals surface area contributed by atoms with Crippen LogP contribution in [0.2, 0.25) is 0 Å². The number of nitrogens with one attached hydrogen (secondary N) is 1. The molecule has 1 aromatic carbocycles. The van der Waals surface area contributed by atoms with E-state index in [-0.39, 0.29) is 0 Å². The van der Waals surface area contributed by atoms with Crippen LogP contribution in [-0.4, -0.2) is 16.6 Å². The number of aliphatic hydroxyl groups is 1. The summed E-state index contributed by atoms with van der Waals surface area (Å²) in [5, 5.41) is 14.4.